The molecule has 6 nitrogen and oxygen atoms in total. The fourth-order valence-corrected chi connectivity index (χ4v) is 1.79. The van der Waals surface area contributed by atoms with E-state index in [0.29, 0.717) is 16.7 Å². The van der Waals surface area contributed by atoms with E-state index < -0.39 is 5.97 Å². The molecule has 1 amide bonds. The first kappa shape index (κ1) is 13.5. The number of aromatic nitrogens is 1. The standard InChI is InChI=1S/C14H13N3O3/c1-16-13(18)9-4-2-3-8(5-9)10-6-11(14(19)20)12(15)17-7-10/h2-7H,1H3,(H2,15,17)(H,16,18)(H,19,20). The van der Waals surface area contributed by atoms with Crippen molar-refractivity contribution in [1.82, 2.24) is 10.3 Å². The number of nitrogens with one attached hydrogen (secondary N) is 1. The third-order valence-corrected chi connectivity index (χ3v) is 2.83. The van der Waals surface area contributed by atoms with Crippen molar-refractivity contribution < 1.29 is 14.7 Å². The zero-order valence-electron chi connectivity index (χ0n) is 10.8. The average Bonchev–Trinajstić information content (AvgIpc) is 2.46. The van der Waals surface area contributed by atoms with Crippen LogP contribution in [0.1, 0.15) is 20.7 Å². The number of benzene rings is 1. The molecule has 0 aliphatic heterocycles. The van der Waals surface area contributed by atoms with Gasteiger partial charge in [-0.3, -0.25) is 4.79 Å². The van der Waals surface area contributed by atoms with Gasteiger partial charge in [-0.15, -0.1) is 0 Å². The number of anilines is 1. The molecule has 0 aliphatic rings. The summed E-state index contributed by atoms with van der Waals surface area (Å²) < 4.78 is 0. The minimum Gasteiger partial charge on any atom is -0.478 e. The second-order valence-corrected chi connectivity index (χ2v) is 4.12. The van der Waals surface area contributed by atoms with Gasteiger partial charge in [0.1, 0.15) is 11.4 Å². The number of hydrogen-bond acceptors (Lipinski definition) is 4. The lowest BCUT2D eigenvalue weighted by Crippen LogP contribution is -2.17. The molecule has 0 radical (unpaired) electrons. The Morgan fingerprint density at radius 1 is 1.25 bits per heavy atom. The number of aromatic carboxylic acids is 1. The highest BCUT2D eigenvalue weighted by Crippen LogP contribution is 2.23. The van der Waals surface area contributed by atoms with Crippen LogP contribution in [0.4, 0.5) is 5.82 Å². The Kier molecular flexibility index (Phi) is 3.65. The van der Waals surface area contributed by atoms with Crippen molar-refractivity contribution >= 4 is 17.7 Å². The molecule has 1 aromatic carbocycles. The van der Waals surface area contributed by atoms with Crippen molar-refractivity contribution in [2.75, 3.05) is 12.8 Å². The molecule has 0 fully saturated rings. The predicted octanol–water partition coefficient (Wildman–Crippen LogP) is 1.39. The van der Waals surface area contributed by atoms with Gasteiger partial charge in [0.15, 0.2) is 0 Å². The number of carbonyl (C=O) groups excluding carboxylic acids is 1. The Bertz CT molecular complexity index is 683. The van der Waals surface area contributed by atoms with Crippen LogP contribution in [0.3, 0.4) is 0 Å². The van der Waals surface area contributed by atoms with Gasteiger partial charge in [-0.2, -0.15) is 0 Å². The minimum atomic E-state index is -1.14. The number of hydrogen-bond donors (Lipinski definition) is 3. The van der Waals surface area contributed by atoms with E-state index in [-0.39, 0.29) is 17.3 Å². The fourth-order valence-electron chi connectivity index (χ4n) is 1.79. The number of rotatable bonds is 3. The first-order valence-electron chi connectivity index (χ1n) is 5.84. The Morgan fingerprint density at radius 2 is 2.00 bits per heavy atom. The van der Waals surface area contributed by atoms with Gasteiger partial charge in [0.25, 0.3) is 5.91 Å². The minimum absolute atomic E-state index is 0.0382. The number of amides is 1. The smallest absolute Gasteiger partial charge is 0.339 e. The van der Waals surface area contributed by atoms with Crippen LogP contribution in [0.5, 0.6) is 0 Å². The zero-order valence-corrected chi connectivity index (χ0v) is 10.8. The molecule has 4 N–H and O–H groups in total. The van der Waals surface area contributed by atoms with Crippen LogP contribution in [0.25, 0.3) is 11.1 Å². The van der Waals surface area contributed by atoms with Crippen LogP contribution in [-0.2, 0) is 0 Å². The van der Waals surface area contributed by atoms with Crippen molar-refractivity contribution in [3.8, 4) is 11.1 Å². The third-order valence-electron chi connectivity index (χ3n) is 2.83. The maximum atomic E-state index is 11.6. The van der Waals surface area contributed by atoms with E-state index in [1.807, 2.05) is 0 Å². The second kappa shape index (κ2) is 5.40. The van der Waals surface area contributed by atoms with Crippen molar-refractivity contribution in [3.63, 3.8) is 0 Å². The Hall–Kier alpha value is -2.89. The highest BCUT2D eigenvalue weighted by molar-refractivity contribution is 5.96. The van der Waals surface area contributed by atoms with E-state index >= 15 is 0 Å². The summed E-state index contributed by atoms with van der Waals surface area (Å²) in [5.41, 5.74) is 7.22. The topological polar surface area (TPSA) is 105 Å². The molecule has 0 atom stereocenters. The van der Waals surface area contributed by atoms with Crippen molar-refractivity contribution in [3.05, 3.63) is 47.7 Å². The molecular weight excluding hydrogens is 258 g/mol. The summed E-state index contributed by atoms with van der Waals surface area (Å²) in [6.07, 6.45) is 1.48. The number of carbonyl (C=O) groups is 2. The molecule has 2 rings (SSSR count). The van der Waals surface area contributed by atoms with Gasteiger partial charge in [-0.05, 0) is 23.8 Å². The maximum Gasteiger partial charge on any atom is 0.339 e. The van der Waals surface area contributed by atoms with Gasteiger partial charge in [0.2, 0.25) is 0 Å². The summed E-state index contributed by atoms with van der Waals surface area (Å²) in [6.45, 7) is 0. The van der Waals surface area contributed by atoms with E-state index in [2.05, 4.69) is 10.3 Å². The quantitative estimate of drug-likeness (QED) is 0.782. The van der Waals surface area contributed by atoms with Crippen LogP contribution in [0.15, 0.2) is 36.5 Å². The van der Waals surface area contributed by atoms with Crippen LogP contribution >= 0.6 is 0 Å². The summed E-state index contributed by atoms with van der Waals surface area (Å²) in [5, 5.41) is 11.6. The predicted molar refractivity (Wildman–Crippen MR) is 74.4 cm³/mol. The lowest BCUT2D eigenvalue weighted by Gasteiger charge is -2.07. The van der Waals surface area contributed by atoms with Gasteiger partial charge >= 0.3 is 5.97 Å². The summed E-state index contributed by atoms with van der Waals surface area (Å²) in [7, 11) is 1.54. The van der Waals surface area contributed by atoms with E-state index in [1.165, 1.54) is 12.3 Å². The van der Waals surface area contributed by atoms with Crippen LogP contribution < -0.4 is 11.1 Å². The zero-order chi connectivity index (χ0) is 14.7. The molecule has 102 valence electrons. The molecule has 2 aromatic rings. The first-order valence-corrected chi connectivity index (χ1v) is 5.84. The van der Waals surface area contributed by atoms with Crippen LogP contribution in [0.2, 0.25) is 0 Å². The fraction of sp³-hybridized carbons (Fsp3) is 0.0714. The molecule has 1 heterocycles. The van der Waals surface area contributed by atoms with Crippen molar-refractivity contribution in [2.45, 2.75) is 0 Å². The highest BCUT2D eigenvalue weighted by Gasteiger charge is 2.12. The number of nitrogens with zero attached hydrogens (tertiary/aromatic N) is 1. The Balaban J connectivity index is 2.49. The van der Waals surface area contributed by atoms with Gasteiger partial charge in [0.05, 0.1) is 0 Å². The number of nitrogens with two attached hydrogens (primary N) is 1. The number of carboxylic acid groups (broad SMARTS) is 1. The number of pyridine rings is 1. The van der Waals surface area contributed by atoms with Crippen molar-refractivity contribution in [2.24, 2.45) is 0 Å². The largest absolute Gasteiger partial charge is 0.478 e. The monoisotopic (exact) mass is 271 g/mol. The maximum absolute atomic E-state index is 11.6. The van der Waals surface area contributed by atoms with Crippen LogP contribution in [0, 0.1) is 0 Å². The van der Waals surface area contributed by atoms with E-state index in [0.717, 1.165) is 0 Å². The molecule has 0 bridgehead atoms. The highest BCUT2D eigenvalue weighted by atomic mass is 16.4. The lowest BCUT2D eigenvalue weighted by atomic mass is 10.0. The summed E-state index contributed by atoms with van der Waals surface area (Å²) in [5.74, 6) is -1.39. The van der Waals surface area contributed by atoms with Gasteiger partial charge in [0, 0.05) is 24.4 Å². The molecule has 6 heteroatoms. The molecular formula is C14H13N3O3. The normalized spacial score (nSPS) is 10.1. The van der Waals surface area contributed by atoms with Crippen molar-refractivity contribution in [1.29, 1.82) is 0 Å². The van der Waals surface area contributed by atoms with E-state index in [1.54, 1.807) is 31.3 Å². The average molecular weight is 271 g/mol. The molecule has 0 spiro atoms. The lowest BCUT2D eigenvalue weighted by molar-refractivity contribution is 0.0697. The van der Waals surface area contributed by atoms with Gasteiger partial charge in [-0.25, -0.2) is 9.78 Å². The third kappa shape index (κ3) is 2.59. The Labute approximate surface area is 115 Å². The summed E-state index contributed by atoms with van der Waals surface area (Å²) >= 11 is 0. The molecule has 0 unspecified atom stereocenters. The molecule has 0 saturated heterocycles. The van der Waals surface area contributed by atoms with Crippen LogP contribution in [-0.4, -0.2) is 29.0 Å². The van der Waals surface area contributed by atoms with E-state index in [9.17, 15) is 9.59 Å². The van der Waals surface area contributed by atoms with E-state index in [4.69, 9.17) is 10.8 Å². The van der Waals surface area contributed by atoms with Gasteiger partial charge < -0.3 is 16.2 Å². The molecule has 1 aromatic heterocycles. The summed E-state index contributed by atoms with van der Waals surface area (Å²) in [6, 6.07) is 8.26. The van der Waals surface area contributed by atoms with Gasteiger partial charge in [-0.1, -0.05) is 12.1 Å². The second-order valence-electron chi connectivity index (χ2n) is 4.12. The Morgan fingerprint density at radius 3 is 2.65 bits per heavy atom. The number of carboxylic acids is 1. The first-order chi connectivity index (χ1) is 9.52. The molecule has 0 saturated carbocycles. The number of nitrogen functional groups attached to an aromatic ring is 1. The molecule has 20 heavy (non-hydrogen) atoms. The summed E-state index contributed by atoms with van der Waals surface area (Å²) in [4.78, 5) is 26.5. The SMILES string of the molecule is CNC(=O)c1cccc(-c2cnc(N)c(C(=O)O)c2)c1. The molecule has 0 aliphatic carbocycles.